The minimum absolute atomic E-state index is 0.730. The molecule has 0 N–H and O–H groups in total. The van der Waals surface area contributed by atoms with E-state index < -0.39 is 0 Å². The Morgan fingerprint density at radius 3 is 3.13 bits per heavy atom. The fourth-order valence-corrected chi connectivity index (χ4v) is 3.03. The highest BCUT2D eigenvalue weighted by Gasteiger charge is 2.16. The molecule has 0 aromatic carbocycles. The Bertz CT molecular complexity index is 276. The molecule has 2 rings (SSSR count). The molecule has 0 saturated carbocycles. The molecule has 1 aromatic heterocycles. The maximum Gasteiger partial charge on any atom is 0.107 e. The minimum Gasteiger partial charge on any atom is -0.297 e. The molecule has 15 heavy (non-hydrogen) atoms. The SMILES string of the molecule is ClCC1CCCN(Cc2nccs2)CC1. The van der Waals surface area contributed by atoms with Crippen LogP contribution < -0.4 is 0 Å². The Labute approximate surface area is 100 Å². The maximum atomic E-state index is 5.91. The summed E-state index contributed by atoms with van der Waals surface area (Å²) >= 11 is 7.67. The Kier molecular flexibility index (Phi) is 4.42. The molecular weight excluding hydrogens is 228 g/mol. The van der Waals surface area contributed by atoms with Crippen molar-refractivity contribution in [1.82, 2.24) is 9.88 Å². The lowest BCUT2D eigenvalue weighted by Gasteiger charge is -2.18. The van der Waals surface area contributed by atoms with Crippen LogP contribution in [0, 0.1) is 5.92 Å². The van der Waals surface area contributed by atoms with Crippen molar-refractivity contribution in [3.8, 4) is 0 Å². The fourth-order valence-electron chi connectivity index (χ4n) is 2.06. The number of likely N-dealkylation sites (tertiary alicyclic amines) is 1. The first-order valence-corrected chi connectivity index (χ1v) is 6.96. The van der Waals surface area contributed by atoms with Gasteiger partial charge in [-0.2, -0.15) is 0 Å². The van der Waals surface area contributed by atoms with Crippen LogP contribution in [0.2, 0.25) is 0 Å². The van der Waals surface area contributed by atoms with Crippen molar-refractivity contribution in [2.24, 2.45) is 5.92 Å². The summed E-state index contributed by atoms with van der Waals surface area (Å²) in [6, 6.07) is 0. The van der Waals surface area contributed by atoms with Crippen LogP contribution in [0.25, 0.3) is 0 Å². The van der Waals surface area contributed by atoms with E-state index in [-0.39, 0.29) is 0 Å². The quantitative estimate of drug-likeness (QED) is 0.760. The molecule has 1 aromatic rings. The van der Waals surface area contributed by atoms with Crippen molar-refractivity contribution in [2.45, 2.75) is 25.8 Å². The maximum absolute atomic E-state index is 5.91. The van der Waals surface area contributed by atoms with Gasteiger partial charge in [-0.25, -0.2) is 4.98 Å². The van der Waals surface area contributed by atoms with Gasteiger partial charge >= 0.3 is 0 Å². The third-order valence-corrected chi connectivity index (χ3v) is 4.20. The largest absolute Gasteiger partial charge is 0.297 e. The highest BCUT2D eigenvalue weighted by molar-refractivity contribution is 7.09. The molecule has 0 radical (unpaired) electrons. The number of aromatic nitrogens is 1. The molecule has 0 aliphatic carbocycles. The average molecular weight is 245 g/mol. The van der Waals surface area contributed by atoms with Gasteiger partial charge in [-0.1, -0.05) is 0 Å². The summed E-state index contributed by atoms with van der Waals surface area (Å²) < 4.78 is 0. The highest BCUT2D eigenvalue weighted by atomic mass is 35.5. The molecule has 1 atom stereocenters. The number of hydrogen-bond donors (Lipinski definition) is 0. The van der Waals surface area contributed by atoms with Crippen molar-refractivity contribution in [2.75, 3.05) is 19.0 Å². The van der Waals surface area contributed by atoms with Crippen LogP contribution in [-0.4, -0.2) is 28.9 Å². The molecule has 1 saturated heterocycles. The van der Waals surface area contributed by atoms with Crippen LogP contribution in [0.3, 0.4) is 0 Å². The second-order valence-corrected chi connectivity index (χ2v) is 5.44. The van der Waals surface area contributed by atoms with Crippen molar-refractivity contribution in [1.29, 1.82) is 0 Å². The number of hydrogen-bond acceptors (Lipinski definition) is 3. The average Bonchev–Trinajstić information content (AvgIpc) is 2.64. The standard InChI is InChI=1S/C11H17ClN2S/c12-8-10-2-1-5-14(6-3-10)9-11-13-4-7-15-11/h4,7,10H,1-3,5-6,8-9H2. The van der Waals surface area contributed by atoms with Crippen LogP contribution in [-0.2, 0) is 6.54 Å². The van der Waals surface area contributed by atoms with E-state index in [2.05, 4.69) is 15.3 Å². The molecule has 4 heteroatoms. The van der Waals surface area contributed by atoms with E-state index in [0.29, 0.717) is 0 Å². The summed E-state index contributed by atoms with van der Waals surface area (Å²) in [7, 11) is 0. The smallest absolute Gasteiger partial charge is 0.107 e. The van der Waals surface area contributed by atoms with Gasteiger partial charge in [-0.15, -0.1) is 22.9 Å². The number of thiazole rings is 1. The molecule has 1 unspecified atom stereocenters. The zero-order valence-electron chi connectivity index (χ0n) is 8.86. The molecule has 0 bridgehead atoms. The van der Waals surface area contributed by atoms with Crippen LogP contribution >= 0.6 is 22.9 Å². The Morgan fingerprint density at radius 1 is 1.47 bits per heavy atom. The Balaban J connectivity index is 1.83. The number of halogens is 1. The fraction of sp³-hybridized carbons (Fsp3) is 0.727. The molecular formula is C11H17ClN2S. The van der Waals surface area contributed by atoms with Crippen LogP contribution in [0.5, 0.6) is 0 Å². The summed E-state index contributed by atoms with van der Waals surface area (Å²) in [5.74, 6) is 1.55. The van der Waals surface area contributed by atoms with E-state index in [1.807, 2.05) is 6.20 Å². The van der Waals surface area contributed by atoms with Gasteiger partial charge in [-0.05, 0) is 38.3 Å². The molecule has 1 fully saturated rings. The van der Waals surface area contributed by atoms with Crippen molar-refractivity contribution in [3.63, 3.8) is 0 Å². The van der Waals surface area contributed by atoms with E-state index >= 15 is 0 Å². The summed E-state index contributed by atoms with van der Waals surface area (Å²) in [5.41, 5.74) is 0. The van der Waals surface area contributed by atoms with E-state index in [1.165, 1.54) is 37.4 Å². The first kappa shape index (κ1) is 11.4. The normalized spacial score (nSPS) is 23.9. The van der Waals surface area contributed by atoms with Gasteiger partial charge in [0.15, 0.2) is 0 Å². The first-order chi connectivity index (χ1) is 7.38. The third-order valence-electron chi connectivity index (χ3n) is 3.00. The lowest BCUT2D eigenvalue weighted by Crippen LogP contribution is -2.24. The first-order valence-electron chi connectivity index (χ1n) is 5.55. The second-order valence-electron chi connectivity index (χ2n) is 4.15. The van der Waals surface area contributed by atoms with Crippen LogP contribution in [0.1, 0.15) is 24.3 Å². The Hall–Kier alpha value is -0.120. The molecule has 0 spiro atoms. The van der Waals surface area contributed by atoms with Crippen LogP contribution in [0.15, 0.2) is 11.6 Å². The van der Waals surface area contributed by atoms with E-state index in [4.69, 9.17) is 11.6 Å². The summed E-state index contributed by atoms with van der Waals surface area (Å²) in [6.07, 6.45) is 5.70. The van der Waals surface area contributed by atoms with E-state index in [1.54, 1.807) is 11.3 Å². The monoisotopic (exact) mass is 244 g/mol. The predicted octanol–water partition coefficient (Wildman–Crippen LogP) is 2.98. The summed E-state index contributed by atoms with van der Waals surface area (Å²) in [5, 5.41) is 3.29. The molecule has 0 amide bonds. The number of rotatable bonds is 3. The van der Waals surface area contributed by atoms with Gasteiger partial charge in [0.2, 0.25) is 0 Å². The topological polar surface area (TPSA) is 16.1 Å². The molecule has 1 aliphatic rings. The van der Waals surface area contributed by atoms with Crippen molar-refractivity contribution >= 4 is 22.9 Å². The van der Waals surface area contributed by atoms with Crippen molar-refractivity contribution in [3.05, 3.63) is 16.6 Å². The number of nitrogens with zero attached hydrogens (tertiary/aromatic N) is 2. The molecule has 84 valence electrons. The van der Waals surface area contributed by atoms with Gasteiger partial charge in [0.1, 0.15) is 5.01 Å². The summed E-state index contributed by atoms with van der Waals surface area (Å²) in [4.78, 5) is 6.84. The van der Waals surface area contributed by atoms with E-state index in [9.17, 15) is 0 Å². The predicted molar refractivity (Wildman–Crippen MR) is 65.5 cm³/mol. The van der Waals surface area contributed by atoms with Gasteiger partial charge in [0, 0.05) is 17.5 Å². The van der Waals surface area contributed by atoms with E-state index in [0.717, 1.165) is 18.3 Å². The molecule has 2 nitrogen and oxygen atoms in total. The van der Waals surface area contributed by atoms with Gasteiger partial charge in [0.05, 0.1) is 6.54 Å². The molecule has 1 aliphatic heterocycles. The van der Waals surface area contributed by atoms with Gasteiger partial charge in [-0.3, -0.25) is 4.90 Å². The zero-order valence-corrected chi connectivity index (χ0v) is 10.4. The third kappa shape index (κ3) is 3.44. The van der Waals surface area contributed by atoms with Crippen molar-refractivity contribution < 1.29 is 0 Å². The second kappa shape index (κ2) is 5.83. The number of alkyl halides is 1. The Morgan fingerprint density at radius 2 is 2.40 bits per heavy atom. The zero-order chi connectivity index (χ0) is 10.5. The summed E-state index contributed by atoms with van der Waals surface area (Å²) in [6.45, 7) is 3.40. The minimum atomic E-state index is 0.730. The van der Waals surface area contributed by atoms with Gasteiger partial charge < -0.3 is 0 Å². The lowest BCUT2D eigenvalue weighted by atomic mass is 10.0. The van der Waals surface area contributed by atoms with Crippen LogP contribution in [0.4, 0.5) is 0 Å². The molecule has 2 heterocycles. The van der Waals surface area contributed by atoms with Gasteiger partial charge in [0.25, 0.3) is 0 Å². The highest BCUT2D eigenvalue weighted by Crippen LogP contribution is 2.20. The lowest BCUT2D eigenvalue weighted by molar-refractivity contribution is 0.273.